The molecule has 1 aliphatic rings. The first-order valence-electron chi connectivity index (χ1n) is 13.4. The number of aromatic nitrogens is 2. The molecule has 39 heavy (non-hydrogen) atoms. The number of rotatable bonds is 5. The summed E-state index contributed by atoms with van der Waals surface area (Å²) in [4.78, 5) is 25.7. The van der Waals surface area contributed by atoms with Crippen molar-refractivity contribution in [3.63, 3.8) is 0 Å². The molecule has 0 amide bonds. The Kier molecular flexibility index (Phi) is 13.2. The van der Waals surface area contributed by atoms with Crippen LogP contribution in [0.3, 0.4) is 0 Å². The van der Waals surface area contributed by atoms with E-state index in [-0.39, 0.29) is 0 Å². The van der Waals surface area contributed by atoms with Crippen LogP contribution in [-0.4, -0.2) is 41.5 Å². The van der Waals surface area contributed by atoms with Gasteiger partial charge in [0.1, 0.15) is 13.6 Å². The van der Waals surface area contributed by atoms with Gasteiger partial charge in [0.25, 0.3) is 0 Å². The smallest absolute Gasteiger partial charge is 0.106 e. The van der Waals surface area contributed by atoms with Gasteiger partial charge in [0.15, 0.2) is 0 Å². The molecular weight excluding hydrogens is 482 g/mol. The Morgan fingerprint density at radius 1 is 0.872 bits per heavy atom. The van der Waals surface area contributed by atoms with Crippen molar-refractivity contribution < 1.29 is 9.59 Å². The van der Waals surface area contributed by atoms with Gasteiger partial charge in [-0.15, -0.1) is 0 Å². The lowest BCUT2D eigenvalue weighted by Crippen LogP contribution is -2.26. The molecule has 1 N–H and O–H groups in total. The fourth-order valence-corrected chi connectivity index (χ4v) is 4.99. The summed E-state index contributed by atoms with van der Waals surface area (Å²) in [5, 5.41) is 1.20. The standard InChI is InChI=1S/C23H27N.C9H10N2.2CH2O/c1-4-19-11-7-9-13-22(19)23(21-12-8-6-10-18(21)3)20-14-16-24(5-2)17-15-20;1-2-7-5-10-6-8-3-4-11-9(7)8;2*1-2/h5-13H,2,4,14-17H2,1,3H3;3-6,11H,2H2,1H3;2*1H2. The molecule has 4 aromatic rings. The first-order chi connectivity index (χ1) is 19.2. The number of H-pyrrole nitrogens is 1. The monoisotopic (exact) mass is 523 g/mol. The van der Waals surface area contributed by atoms with E-state index in [0.29, 0.717) is 0 Å². The number of likely N-dealkylation sites (tertiary alicyclic amines) is 1. The van der Waals surface area contributed by atoms with Gasteiger partial charge in [-0.05, 0) is 78.3 Å². The van der Waals surface area contributed by atoms with Gasteiger partial charge in [0.2, 0.25) is 0 Å². The zero-order valence-corrected chi connectivity index (χ0v) is 23.6. The third-order valence-corrected chi connectivity index (χ3v) is 7.02. The molecule has 5 rings (SSSR count). The minimum atomic E-state index is 1.03. The lowest BCUT2D eigenvalue weighted by molar-refractivity contribution is -0.0987. The number of aryl methyl sites for hydroxylation is 3. The largest absolute Gasteiger partial charge is 0.377 e. The van der Waals surface area contributed by atoms with Crippen molar-refractivity contribution in [3.05, 3.63) is 119 Å². The third kappa shape index (κ3) is 7.87. The molecule has 2 aromatic heterocycles. The van der Waals surface area contributed by atoms with Crippen molar-refractivity contribution in [1.82, 2.24) is 14.9 Å². The third-order valence-electron chi connectivity index (χ3n) is 7.02. The maximum Gasteiger partial charge on any atom is 0.106 e. The number of hydrogen-bond acceptors (Lipinski definition) is 4. The highest BCUT2D eigenvalue weighted by Crippen LogP contribution is 2.35. The SMILES string of the molecule is C=CN1CCC(=C(c2ccccc2C)c2ccccc2CC)CC1.C=O.C=O.CCc1cncc2cc[nH]c12. The van der Waals surface area contributed by atoms with Crippen molar-refractivity contribution in [3.8, 4) is 0 Å². The summed E-state index contributed by atoms with van der Waals surface area (Å²) in [5.41, 5.74) is 11.2. The molecule has 0 atom stereocenters. The summed E-state index contributed by atoms with van der Waals surface area (Å²) in [5.74, 6) is 0. The fourth-order valence-electron chi connectivity index (χ4n) is 4.99. The van der Waals surface area contributed by atoms with Gasteiger partial charge in [-0.3, -0.25) is 4.98 Å². The van der Waals surface area contributed by atoms with Crippen molar-refractivity contribution >= 4 is 30.1 Å². The highest BCUT2D eigenvalue weighted by atomic mass is 16.1. The van der Waals surface area contributed by atoms with Gasteiger partial charge in [-0.25, -0.2) is 0 Å². The summed E-state index contributed by atoms with van der Waals surface area (Å²) in [7, 11) is 0. The molecule has 3 heterocycles. The van der Waals surface area contributed by atoms with Crippen molar-refractivity contribution in [2.24, 2.45) is 0 Å². The Labute approximate surface area is 233 Å². The predicted molar refractivity (Wildman–Crippen MR) is 164 cm³/mol. The van der Waals surface area contributed by atoms with E-state index in [4.69, 9.17) is 9.59 Å². The Balaban J connectivity index is 0.000000295. The van der Waals surface area contributed by atoms with Crippen molar-refractivity contribution in [2.45, 2.75) is 46.5 Å². The summed E-state index contributed by atoms with van der Waals surface area (Å²) < 4.78 is 0. The topological polar surface area (TPSA) is 66.1 Å². The van der Waals surface area contributed by atoms with E-state index in [0.717, 1.165) is 38.8 Å². The molecule has 0 unspecified atom stereocenters. The van der Waals surface area contributed by atoms with Crippen LogP contribution in [0.1, 0.15) is 54.5 Å². The van der Waals surface area contributed by atoms with Crippen LogP contribution in [0.2, 0.25) is 0 Å². The Morgan fingerprint density at radius 2 is 1.49 bits per heavy atom. The Bertz CT molecular complexity index is 1340. The summed E-state index contributed by atoms with van der Waals surface area (Å²) in [6.07, 6.45) is 12.1. The number of benzene rings is 2. The van der Waals surface area contributed by atoms with E-state index in [1.54, 1.807) is 5.57 Å². The molecule has 2 aromatic carbocycles. The number of carbonyl (C=O) groups excluding carboxylic acids is 2. The summed E-state index contributed by atoms with van der Waals surface area (Å²) >= 11 is 0. The highest BCUT2D eigenvalue weighted by Gasteiger charge is 2.19. The van der Waals surface area contributed by atoms with E-state index in [9.17, 15) is 0 Å². The maximum absolute atomic E-state index is 8.00. The Hall–Kier alpha value is -4.25. The quantitative estimate of drug-likeness (QED) is 0.297. The van der Waals surface area contributed by atoms with Crippen molar-refractivity contribution in [1.29, 1.82) is 0 Å². The molecule has 0 saturated carbocycles. The highest BCUT2D eigenvalue weighted by molar-refractivity contribution is 5.85. The second-order valence-corrected chi connectivity index (χ2v) is 9.12. The first kappa shape index (κ1) is 31.0. The molecule has 204 valence electrons. The van der Waals surface area contributed by atoms with Crippen LogP contribution >= 0.6 is 0 Å². The zero-order valence-electron chi connectivity index (χ0n) is 23.6. The van der Waals surface area contributed by atoms with Gasteiger partial charge in [-0.1, -0.05) is 74.5 Å². The summed E-state index contributed by atoms with van der Waals surface area (Å²) in [6, 6.07) is 19.7. The fraction of sp³-hybridized carbons (Fsp3) is 0.265. The average molecular weight is 524 g/mol. The molecule has 5 nitrogen and oxygen atoms in total. The van der Waals surface area contributed by atoms with E-state index in [1.165, 1.54) is 44.3 Å². The molecule has 1 saturated heterocycles. The first-order valence-corrected chi connectivity index (χ1v) is 13.4. The molecule has 1 fully saturated rings. The Morgan fingerprint density at radius 3 is 2.10 bits per heavy atom. The molecule has 1 aliphatic heterocycles. The molecule has 0 bridgehead atoms. The molecule has 0 spiro atoms. The lowest BCUT2D eigenvalue weighted by Gasteiger charge is -2.29. The second kappa shape index (κ2) is 16.6. The second-order valence-electron chi connectivity index (χ2n) is 9.12. The maximum atomic E-state index is 8.00. The number of nitrogens with one attached hydrogen (secondary N) is 1. The van der Waals surface area contributed by atoms with E-state index < -0.39 is 0 Å². The van der Waals surface area contributed by atoms with Crippen LogP contribution in [-0.2, 0) is 22.4 Å². The van der Waals surface area contributed by atoms with Gasteiger partial charge >= 0.3 is 0 Å². The predicted octanol–water partition coefficient (Wildman–Crippen LogP) is 7.35. The zero-order chi connectivity index (χ0) is 28.6. The number of fused-ring (bicyclic) bond motifs is 1. The van der Waals surface area contributed by atoms with Crippen molar-refractivity contribution in [2.75, 3.05) is 13.1 Å². The van der Waals surface area contributed by atoms with Gasteiger partial charge in [0.05, 0.1) is 5.52 Å². The van der Waals surface area contributed by atoms with Crippen LogP contribution in [0.4, 0.5) is 0 Å². The number of carbonyl (C=O) groups is 2. The van der Waals surface area contributed by atoms with E-state index in [1.807, 2.05) is 44.4 Å². The van der Waals surface area contributed by atoms with Crippen LogP contribution in [0, 0.1) is 6.92 Å². The average Bonchev–Trinajstić information content (AvgIpc) is 3.51. The molecule has 0 radical (unpaired) electrons. The molecule has 5 heteroatoms. The number of nitrogens with zero attached hydrogens (tertiary/aromatic N) is 2. The minimum absolute atomic E-state index is 1.03. The number of piperidine rings is 1. The summed E-state index contributed by atoms with van der Waals surface area (Å²) in [6.45, 7) is 16.7. The van der Waals surface area contributed by atoms with E-state index in [2.05, 4.69) is 90.7 Å². The number of pyridine rings is 1. The van der Waals surface area contributed by atoms with Gasteiger partial charge < -0.3 is 19.5 Å². The van der Waals surface area contributed by atoms with Crippen LogP contribution in [0.15, 0.2) is 91.5 Å². The van der Waals surface area contributed by atoms with Crippen LogP contribution < -0.4 is 0 Å². The molecule has 0 aliphatic carbocycles. The minimum Gasteiger partial charge on any atom is -0.377 e. The number of aromatic amines is 1. The van der Waals surface area contributed by atoms with Crippen LogP contribution in [0.25, 0.3) is 16.5 Å². The lowest BCUT2D eigenvalue weighted by atomic mass is 9.84. The molecular formula is C34H41N3O2. The normalized spacial score (nSPS) is 12.2. The van der Waals surface area contributed by atoms with Gasteiger partial charge in [0, 0.05) is 37.1 Å². The van der Waals surface area contributed by atoms with E-state index >= 15 is 0 Å². The van der Waals surface area contributed by atoms with Gasteiger partial charge in [-0.2, -0.15) is 0 Å². The number of hydrogen-bond donors (Lipinski definition) is 1. The van der Waals surface area contributed by atoms with Crippen LogP contribution in [0.5, 0.6) is 0 Å².